The molecule has 0 aromatic heterocycles. The Hall–Kier alpha value is -1.10. The normalized spacial score (nSPS) is 23.6. The Bertz CT molecular complexity index is 242. The van der Waals surface area contributed by atoms with Crippen LogP contribution in [0.3, 0.4) is 0 Å². The number of nitrogens with zero attached hydrogens (tertiary/aromatic N) is 2. The number of nitrogens with two attached hydrogens (primary N) is 1. The van der Waals surface area contributed by atoms with Crippen LogP contribution in [0.15, 0.2) is 0 Å². The van der Waals surface area contributed by atoms with Crippen LogP contribution < -0.4 is 5.73 Å². The molecule has 5 nitrogen and oxygen atoms in total. The van der Waals surface area contributed by atoms with E-state index >= 15 is 0 Å². The van der Waals surface area contributed by atoms with Crippen molar-refractivity contribution in [2.24, 2.45) is 5.73 Å². The van der Waals surface area contributed by atoms with E-state index in [2.05, 4.69) is 0 Å². The summed E-state index contributed by atoms with van der Waals surface area (Å²) in [5.41, 5.74) is 5.28. The highest BCUT2D eigenvalue weighted by molar-refractivity contribution is 5.82. The van der Waals surface area contributed by atoms with Crippen LogP contribution in [0, 0.1) is 0 Å². The fourth-order valence-electron chi connectivity index (χ4n) is 1.75. The highest BCUT2D eigenvalue weighted by Crippen LogP contribution is 2.09. The zero-order valence-electron chi connectivity index (χ0n) is 8.69. The summed E-state index contributed by atoms with van der Waals surface area (Å²) in [6.45, 7) is 6.13. The Morgan fingerprint density at radius 3 is 2.50 bits per heavy atom. The minimum atomic E-state index is -0.349. The number of carbonyl (C=O) groups excluding carboxylic acids is 2. The molecule has 0 spiro atoms. The van der Waals surface area contributed by atoms with Gasteiger partial charge < -0.3 is 10.6 Å². The Balaban J connectivity index is 2.66. The van der Waals surface area contributed by atoms with E-state index in [1.165, 1.54) is 6.92 Å². The Morgan fingerprint density at radius 1 is 1.43 bits per heavy atom. The van der Waals surface area contributed by atoms with Crippen molar-refractivity contribution in [3.63, 3.8) is 0 Å². The molecule has 1 atom stereocenters. The molecule has 0 aliphatic carbocycles. The van der Waals surface area contributed by atoms with Crippen LogP contribution in [-0.2, 0) is 9.59 Å². The van der Waals surface area contributed by atoms with Crippen LogP contribution in [0.1, 0.15) is 13.8 Å². The number of primary amides is 1. The molecule has 1 heterocycles. The summed E-state index contributed by atoms with van der Waals surface area (Å²) < 4.78 is 0. The van der Waals surface area contributed by atoms with Gasteiger partial charge in [0.1, 0.15) is 6.04 Å². The molecule has 0 radical (unpaired) electrons. The van der Waals surface area contributed by atoms with E-state index < -0.39 is 0 Å². The van der Waals surface area contributed by atoms with Gasteiger partial charge in [0, 0.05) is 26.6 Å². The third-order valence-corrected chi connectivity index (χ3v) is 2.67. The molecule has 0 aromatic carbocycles. The van der Waals surface area contributed by atoms with Gasteiger partial charge >= 0.3 is 0 Å². The standard InChI is InChI=1S/C9H17N3O2/c1-3-11-4-5-12(7(2)13)6-8(11)9(10)14/h8H,3-6H2,1-2H3,(H2,10,14). The number of amides is 2. The summed E-state index contributed by atoms with van der Waals surface area (Å²) in [6, 6.07) is -0.322. The fourth-order valence-corrected chi connectivity index (χ4v) is 1.75. The Kier molecular flexibility index (Phi) is 3.46. The Labute approximate surface area is 83.8 Å². The van der Waals surface area contributed by atoms with Crippen LogP contribution >= 0.6 is 0 Å². The van der Waals surface area contributed by atoms with E-state index in [1.54, 1.807) is 4.90 Å². The van der Waals surface area contributed by atoms with Gasteiger partial charge in [-0.15, -0.1) is 0 Å². The van der Waals surface area contributed by atoms with Crippen LogP contribution in [0.25, 0.3) is 0 Å². The van der Waals surface area contributed by atoms with Crippen molar-refractivity contribution >= 4 is 11.8 Å². The maximum absolute atomic E-state index is 11.1. The van der Waals surface area contributed by atoms with Crippen LogP contribution in [0.4, 0.5) is 0 Å². The summed E-state index contributed by atoms with van der Waals surface area (Å²) in [5.74, 6) is -0.343. The molecule has 1 saturated heterocycles. The van der Waals surface area contributed by atoms with E-state index in [4.69, 9.17) is 5.73 Å². The summed E-state index contributed by atoms with van der Waals surface area (Å²) in [6.07, 6.45) is 0. The van der Waals surface area contributed by atoms with E-state index in [9.17, 15) is 9.59 Å². The van der Waals surface area contributed by atoms with E-state index in [-0.39, 0.29) is 17.9 Å². The van der Waals surface area contributed by atoms with Gasteiger partial charge in [0.15, 0.2) is 0 Å². The van der Waals surface area contributed by atoms with Crippen molar-refractivity contribution in [3.8, 4) is 0 Å². The van der Waals surface area contributed by atoms with Crippen molar-refractivity contribution in [2.75, 3.05) is 26.2 Å². The zero-order valence-corrected chi connectivity index (χ0v) is 8.69. The monoisotopic (exact) mass is 199 g/mol. The molecule has 2 amide bonds. The molecule has 1 unspecified atom stereocenters. The second-order valence-corrected chi connectivity index (χ2v) is 3.51. The van der Waals surface area contributed by atoms with E-state index in [0.29, 0.717) is 13.1 Å². The van der Waals surface area contributed by atoms with E-state index in [0.717, 1.165) is 13.1 Å². The predicted molar refractivity (Wildman–Crippen MR) is 52.5 cm³/mol. The lowest BCUT2D eigenvalue weighted by molar-refractivity contribution is -0.135. The van der Waals surface area contributed by atoms with Crippen LogP contribution in [0.2, 0.25) is 0 Å². The van der Waals surface area contributed by atoms with Crippen molar-refractivity contribution in [1.29, 1.82) is 0 Å². The van der Waals surface area contributed by atoms with Gasteiger partial charge in [0.25, 0.3) is 0 Å². The van der Waals surface area contributed by atoms with Gasteiger partial charge in [0.05, 0.1) is 0 Å². The number of likely N-dealkylation sites (N-methyl/N-ethyl adjacent to an activating group) is 1. The lowest BCUT2D eigenvalue weighted by atomic mass is 10.1. The minimum absolute atomic E-state index is 0.00648. The lowest BCUT2D eigenvalue weighted by Crippen LogP contribution is -2.58. The number of carbonyl (C=O) groups is 2. The molecule has 0 bridgehead atoms. The van der Waals surface area contributed by atoms with Gasteiger partial charge in [-0.2, -0.15) is 0 Å². The molecule has 1 rings (SSSR count). The lowest BCUT2D eigenvalue weighted by Gasteiger charge is -2.38. The fraction of sp³-hybridized carbons (Fsp3) is 0.778. The van der Waals surface area contributed by atoms with Crippen molar-refractivity contribution in [1.82, 2.24) is 9.80 Å². The smallest absolute Gasteiger partial charge is 0.236 e. The number of piperazine rings is 1. The molecule has 1 fully saturated rings. The van der Waals surface area contributed by atoms with Gasteiger partial charge in [-0.3, -0.25) is 14.5 Å². The third-order valence-electron chi connectivity index (χ3n) is 2.67. The van der Waals surface area contributed by atoms with E-state index in [1.807, 2.05) is 11.8 Å². The first kappa shape index (κ1) is 11.0. The Morgan fingerprint density at radius 2 is 2.07 bits per heavy atom. The molecule has 0 saturated carbocycles. The average Bonchev–Trinajstić information content (AvgIpc) is 2.16. The number of rotatable bonds is 2. The zero-order chi connectivity index (χ0) is 10.7. The van der Waals surface area contributed by atoms with Crippen molar-refractivity contribution in [3.05, 3.63) is 0 Å². The number of hydrogen-bond donors (Lipinski definition) is 1. The summed E-state index contributed by atoms with van der Waals surface area (Å²) in [4.78, 5) is 25.9. The highest BCUT2D eigenvalue weighted by Gasteiger charge is 2.30. The molecule has 2 N–H and O–H groups in total. The molecular formula is C9H17N3O2. The first-order chi connectivity index (χ1) is 6.56. The maximum atomic E-state index is 11.1. The van der Waals surface area contributed by atoms with Crippen molar-refractivity contribution in [2.45, 2.75) is 19.9 Å². The molecule has 80 valence electrons. The largest absolute Gasteiger partial charge is 0.368 e. The summed E-state index contributed by atoms with van der Waals surface area (Å²) in [7, 11) is 0. The molecule has 1 aliphatic rings. The topological polar surface area (TPSA) is 66.6 Å². The second kappa shape index (κ2) is 4.41. The predicted octanol–water partition coefficient (Wildman–Crippen LogP) is -0.976. The van der Waals surface area contributed by atoms with Crippen molar-refractivity contribution < 1.29 is 9.59 Å². The first-order valence-corrected chi connectivity index (χ1v) is 4.85. The number of hydrogen-bond acceptors (Lipinski definition) is 3. The summed E-state index contributed by atoms with van der Waals surface area (Å²) in [5, 5.41) is 0. The highest BCUT2D eigenvalue weighted by atomic mass is 16.2. The summed E-state index contributed by atoms with van der Waals surface area (Å²) >= 11 is 0. The quantitative estimate of drug-likeness (QED) is 0.622. The average molecular weight is 199 g/mol. The minimum Gasteiger partial charge on any atom is -0.368 e. The molecule has 5 heteroatoms. The molecule has 14 heavy (non-hydrogen) atoms. The van der Waals surface area contributed by atoms with Gasteiger partial charge in [-0.05, 0) is 6.54 Å². The van der Waals surface area contributed by atoms with Gasteiger partial charge in [-0.1, -0.05) is 6.92 Å². The molecule has 1 aliphatic heterocycles. The molecule has 0 aromatic rings. The maximum Gasteiger partial charge on any atom is 0.236 e. The molecular weight excluding hydrogens is 182 g/mol. The third kappa shape index (κ3) is 2.23. The second-order valence-electron chi connectivity index (χ2n) is 3.51. The van der Waals surface area contributed by atoms with Crippen LogP contribution in [0.5, 0.6) is 0 Å². The van der Waals surface area contributed by atoms with Crippen LogP contribution in [-0.4, -0.2) is 53.8 Å². The van der Waals surface area contributed by atoms with Gasteiger partial charge in [0.2, 0.25) is 11.8 Å². The first-order valence-electron chi connectivity index (χ1n) is 4.85. The van der Waals surface area contributed by atoms with Gasteiger partial charge in [-0.25, -0.2) is 0 Å². The SMILES string of the molecule is CCN1CCN(C(C)=O)CC1C(N)=O.